The van der Waals surface area contributed by atoms with Gasteiger partial charge in [-0.05, 0) is 25.1 Å². The molecule has 1 rings (SSSR count). The lowest BCUT2D eigenvalue weighted by atomic mass is 10.0. The van der Waals surface area contributed by atoms with Crippen LogP contribution >= 0.6 is 12.4 Å². The van der Waals surface area contributed by atoms with E-state index in [4.69, 9.17) is 10.5 Å². The molecule has 0 radical (unpaired) electrons. The maximum Gasteiger partial charge on any atom is 0.237 e. The minimum Gasteiger partial charge on any atom is -0.492 e. The zero-order valence-electron chi connectivity index (χ0n) is 15.2. The average molecular weight is 358 g/mol. The first-order chi connectivity index (χ1) is 11.0. The second-order valence-corrected chi connectivity index (χ2v) is 5.97. The standard InChI is InChI=1S/C18H31N3O2.ClH/c1-5-21(6-2)11-12-23-16-10-8-7-9-15(16)13-20-18(22)17(19)14(3)4;/h7-10,14,17H,5-6,11-13,19H2,1-4H3,(H,20,22);1H/t17-;/m0./s1. The number of halogens is 1. The zero-order valence-corrected chi connectivity index (χ0v) is 16.1. The molecule has 0 unspecified atom stereocenters. The van der Waals surface area contributed by atoms with Crippen molar-refractivity contribution in [2.75, 3.05) is 26.2 Å². The molecule has 1 aromatic rings. The fourth-order valence-corrected chi connectivity index (χ4v) is 2.22. The van der Waals surface area contributed by atoms with Gasteiger partial charge in [-0.1, -0.05) is 45.9 Å². The van der Waals surface area contributed by atoms with E-state index in [0.29, 0.717) is 13.2 Å². The summed E-state index contributed by atoms with van der Waals surface area (Å²) in [6.45, 7) is 12.2. The van der Waals surface area contributed by atoms with E-state index >= 15 is 0 Å². The highest BCUT2D eigenvalue weighted by Gasteiger charge is 2.17. The summed E-state index contributed by atoms with van der Waals surface area (Å²) < 4.78 is 5.89. The Balaban J connectivity index is 0.00000529. The van der Waals surface area contributed by atoms with Gasteiger partial charge in [0.05, 0.1) is 6.04 Å². The second kappa shape index (κ2) is 12.1. The smallest absolute Gasteiger partial charge is 0.237 e. The topological polar surface area (TPSA) is 67.6 Å². The van der Waals surface area contributed by atoms with Crippen LogP contribution in [0.3, 0.4) is 0 Å². The van der Waals surface area contributed by atoms with Crippen molar-refractivity contribution in [2.45, 2.75) is 40.3 Å². The summed E-state index contributed by atoms with van der Waals surface area (Å²) in [5, 5.41) is 2.89. The number of nitrogens with two attached hydrogens (primary N) is 1. The van der Waals surface area contributed by atoms with Gasteiger partial charge in [-0.2, -0.15) is 0 Å². The van der Waals surface area contributed by atoms with Crippen LogP contribution in [-0.4, -0.2) is 43.1 Å². The Labute approximate surface area is 152 Å². The Hall–Kier alpha value is -1.30. The van der Waals surface area contributed by atoms with Gasteiger partial charge in [-0.3, -0.25) is 4.79 Å². The van der Waals surface area contributed by atoms with Crippen LogP contribution in [0.5, 0.6) is 5.75 Å². The van der Waals surface area contributed by atoms with E-state index in [1.165, 1.54) is 0 Å². The van der Waals surface area contributed by atoms with Crippen LogP contribution in [0.1, 0.15) is 33.3 Å². The van der Waals surface area contributed by atoms with Gasteiger partial charge in [0.1, 0.15) is 12.4 Å². The number of carbonyl (C=O) groups is 1. The molecule has 0 aliphatic heterocycles. The molecular formula is C18H32ClN3O2. The molecule has 6 heteroatoms. The lowest BCUT2D eigenvalue weighted by Gasteiger charge is -2.19. The van der Waals surface area contributed by atoms with Crippen molar-refractivity contribution in [1.82, 2.24) is 10.2 Å². The maximum absolute atomic E-state index is 12.0. The van der Waals surface area contributed by atoms with Crippen LogP contribution in [0.2, 0.25) is 0 Å². The van der Waals surface area contributed by atoms with Gasteiger partial charge >= 0.3 is 0 Å². The fraction of sp³-hybridized carbons (Fsp3) is 0.611. The number of benzene rings is 1. The van der Waals surface area contributed by atoms with E-state index in [-0.39, 0.29) is 24.2 Å². The number of hydrogen-bond acceptors (Lipinski definition) is 4. The van der Waals surface area contributed by atoms with Gasteiger partial charge in [-0.25, -0.2) is 0 Å². The molecule has 1 amide bonds. The minimum atomic E-state index is -0.481. The SMILES string of the molecule is CCN(CC)CCOc1ccccc1CNC(=O)[C@@H](N)C(C)C.Cl. The quantitative estimate of drug-likeness (QED) is 0.674. The van der Waals surface area contributed by atoms with Crippen LogP contribution in [0.25, 0.3) is 0 Å². The number of carbonyl (C=O) groups excluding carboxylic acids is 1. The predicted molar refractivity (Wildman–Crippen MR) is 102 cm³/mol. The van der Waals surface area contributed by atoms with Crippen LogP contribution in [0, 0.1) is 5.92 Å². The summed E-state index contributed by atoms with van der Waals surface area (Å²) in [5.41, 5.74) is 6.83. The Morgan fingerprint density at radius 3 is 2.46 bits per heavy atom. The first kappa shape index (κ1) is 22.7. The van der Waals surface area contributed by atoms with Gasteiger partial charge < -0.3 is 20.7 Å². The molecule has 0 bridgehead atoms. The Morgan fingerprint density at radius 1 is 1.25 bits per heavy atom. The van der Waals surface area contributed by atoms with Gasteiger partial charge in [0.2, 0.25) is 5.91 Å². The molecule has 3 N–H and O–H groups in total. The largest absolute Gasteiger partial charge is 0.492 e. The first-order valence-corrected chi connectivity index (χ1v) is 8.45. The molecule has 0 saturated carbocycles. The predicted octanol–water partition coefficient (Wildman–Crippen LogP) is 2.43. The molecule has 5 nitrogen and oxygen atoms in total. The molecule has 0 spiro atoms. The van der Waals surface area contributed by atoms with Crippen molar-refractivity contribution >= 4 is 18.3 Å². The molecule has 1 atom stereocenters. The number of nitrogens with zero attached hydrogens (tertiary/aromatic N) is 1. The number of hydrogen-bond donors (Lipinski definition) is 2. The molecule has 0 saturated heterocycles. The second-order valence-electron chi connectivity index (χ2n) is 5.97. The summed E-state index contributed by atoms with van der Waals surface area (Å²) in [5.74, 6) is 0.812. The molecule has 24 heavy (non-hydrogen) atoms. The Bertz CT molecular complexity index is 479. The van der Waals surface area contributed by atoms with E-state index < -0.39 is 6.04 Å². The van der Waals surface area contributed by atoms with Crippen LogP contribution in [-0.2, 0) is 11.3 Å². The van der Waals surface area contributed by atoms with Crippen molar-refractivity contribution in [1.29, 1.82) is 0 Å². The highest BCUT2D eigenvalue weighted by atomic mass is 35.5. The molecule has 0 aliphatic carbocycles. The molecule has 0 aromatic heterocycles. The molecule has 0 aliphatic rings. The summed E-state index contributed by atoms with van der Waals surface area (Å²) in [7, 11) is 0. The first-order valence-electron chi connectivity index (χ1n) is 8.45. The lowest BCUT2D eigenvalue weighted by Crippen LogP contribution is -2.43. The molecule has 0 fully saturated rings. The average Bonchev–Trinajstić information content (AvgIpc) is 2.56. The Kier molecular flexibility index (Phi) is 11.5. The van der Waals surface area contributed by atoms with Crippen LogP contribution in [0.4, 0.5) is 0 Å². The molecular weight excluding hydrogens is 326 g/mol. The molecule has 0 heterocycles. The van der Waals surface area contributed by atoms with Gasteiger partial charge in [0, 0.05) is 18.7 Å². The summed E-state index contributed by atoms with van der Waals surface area (Å²) in [6, 6.07) is 7.31. The van der Waals surface area contributed by atoms with Crippen molar-refractivity contribution in [3.8, 4) is 5.75 Å². The normalized spacial score (nSPS) is 12.0. The third-order valence-corrected chi connectivity index (χ3v) is 4.01. The fourth-order valence-electron chi connectivity index (χ4n) is 2.22. The number of amides is 1. The zero-order chi connectivity index (χ0) is 17.2. The van der Waals surface area contributed by atoms with Gasteiger partial charge in [-0.15, -0.1) is 12.4 Å². The van der Waals surface area contributed by atoms with E-state index in [2.05, 4.69) is 24.1 Å². The third kappa shape index (κ3) is 7.51. The molecule has 1 aromatic carbocycles. The number of rotatable bonds is 10. The van der Waals surface area contributed by atoms with E-state index in [9.17, 15) is 4.79 Å². The summed E-state index contributed by atoms with van der Waals surface area (Å²) in [6.07, 6.45) is 0. The third-order valence-electron chi connectivity index (χ3n) is 4.01. The maximum atomic E-state index is 12.0. The number of likely N-dealkylation sites (N-methyl/N-ethyl adjacent to an activating group) is 1. The number of ether oxygens (including phenoxy) is 1. The summed E-state index contributed by atoms with van der Waals surface area (Å²) in [4.78, 5) is 14.3. The lowest BCUT2D eigenvalue weighted by molar-refractivity contribution is -0.123. The van der Waals surface area contributed by atoms with Gasteiger partial charge in [0.25, 0.3) is 0 Å². The number of nitrogens with one attached hydrogen (secondary N) is 1. The Morgan fingerprint density at radius 2 is 1.88 bits per heavy atom. The minimum absolute atomic E-state index is 0. The number of para-hydroxylation sites is 1. The summed E-state index contributed by atoms with van der Waals surface area (Å²) >= 11 is 0. The van der Waals surface area contributed by atoms with Crippen LogP contribution in [0.15, 0.2) is 24.3 Å². The highest BCUT2D eigenvalue weighted by Crippen LogP contribution is 2.17. The van der Waals surface area contributed by atoms with Crippen molar-refractivity contribution in [2.24, 2.45) is 11.7 Å². The monoisotopic (exact) mass is 357 g/mol. The van der Waals surface area contributed by atoms with Crippen molar-refractivity contribution in [3.05, 3.63) is 29.8 Å². The van der Waals surface area contributed by atoms with Crippen LogP contribution < -0.4 is 15.8 Å². The van der Waals surface area contributed by atoms with Crippen molar-refractivity contribution < 1.29 is 9.53 Å². The molecule has 138 valence electrons. The van der Waals surface area contributed by atoms with E-state index in [1.807, 2.05) is 38.1 Å². The van der Waals surface area contributed by atoms with E-state index in [1.54, 1.807) is 0 Å². The van der Waals surface area contributed by atoms with Crippen molar-refractivity contribution in [3.63, 3.8) is 0 Å². The highest BCUT2D eigenvalue weighted by molar-refractivity contribution is 5.85. The van der Waals surface area contributed by atoms with E-state index in [0.717, 1.165) is 30.9 Å². The van der Waals surface area contributed by atoms with Gasteiger partial charge in [0.15, 0.2) is 0 Å².